The van der Waals surface area contributed by atoms with Crippen LogP contribution in [0.15, 0.2) is 4.99 Å². The highest BCUT2D eigenvalue weighted by Gasteiger charge is 2.32. The van der Waals surface area contributed by atoms with Gasteiger partial charge in [0.25, 0.3) is 0 Å². The summed E-state index contributed by atoms with van der Waals surface area (Å²) < 4.78 is 11.6. The van der Waals surface area contributed by atoms with Crippen molar-refractivity contribution in [3.63, 3.8) is 0 Å². The summed E-state index contributed by atoms with van der Waals surface area (Å²) in [5, 5.41) is 6.80. The normalized spacial score (nSPS) is 18.2. The van der Waals surface area contributed by atoms with Crippen molar-refractivity contribution in [1.29, 1.82) is 0 Å². The first-order valence-electron chi connectivity index (χ1n) is 8.92. The van der Waals surface area contributed by atoms with E-state index in [1.807, 2.05) is 14.0 Å². The van der Waals surface area contributed by atoms with Crippen LogP contribution in [0.5, 0.6) is 0 Å². The molecule has 5 heteroatoms. The minimum Gasteiger partial charge on any atom is -0.382 e. The Morgan fingerprint density at radius 1 is 1.09 bits per heavy atom. The van der Waals surface area contributed by atoms with E-state index in [0.29, 0.717) is 0 Å². The van der Waals surface area contributed by atoms with E-state index in [2.05, 4.69) is 22.5 Å². The van der Waals surface area contributed by atoms with Gasteiger partial charge < -0.3 is 20.1 Å². The van der Waals surface area contributed by atoms with Crippen molar-refractivity contribution in [3.05, 3.63) is 0 Å². The Balaban J connectivity index is 2.34. The number of guanidine groups is 1. The van der Waals surface area contributed by atoms with Gasteiger partial charge in [-0.05, 0) is 32.6 Å². The lowest BCUT2D eigenvalue weighted by Crippen LogP contribution is -2.49. The van der Waals surface area contributed by atoms with Crippen LogP contribution in [-0.4, -0.2) is 51.5 Å². The van der Waals surface area contributed by atoms with Gasteiger partial charge in [0.1, 0.15) is 0 Å². The number of hydrogen-bond donors (Lipinski definition) is 2. The van der Waals surface area contributed by atoms with Gasteiger partial charge in [-0.15, -0.1) is 0 Å². The van der Waals surface area contributed by atoms with Gasteiger partial charge in [0.2, 0.25) is 0 Å². The fourth-order valence-corrected chi connectivity index (χ4v) is 2.88. The monoisotopic (exact) mass is 313 g/mol. The van der Waals surface area contributed by atoms with Crippen molar-refractivity contribution in [2.45, 2.75) is 64.4 Å². The Kier molecular flexibility index (Phi) is 10.2. The van der Waals surface area contributed by atoms with Gasteiger partial charge in [-0.2, -0.15) is 0 Å². The molecule has 0 atom stereocenters. The summed E-state index contributed by atoms with van der Waals surface area (Å²) in [5.74, 6) is 0.863. The van der Waals surface area contributed by atoms with Crippen LogP contribution in [0.1, 0.15) is 58.8 Å². The zero-order chi connectivity index (χ0) is 16.1. The van der Waals surface area contributed by atoms with Gasteiger partial charge in [0, 0.05) is 40.0 Å². The van der Waals surface area contributed by atoms with E-state index in [1.54, 1.807) is 0 Å². The van der Waals surface area contributed by atoms with Gasteiger partial charge in [-0.25, -0.2) is 0 Å². The van der Waals surface area contributed by atoms with E-state index in [0.717, 1.165) is 64.6 Å². The van der Waals surface area contributed by atoms with E-state index in [1.165, 1.54) is 19.3 Å². The minimum atomic E-state index is -0.00278. The fourth-order valence-electron chi connectivity index (χ4n) is 2.88. The zero-order valence-corrected chi connectivity index (χ0v) is 14.7. The number of rotatable bonds is 10. The predicted molar refractivity (Wildman–Crippen MR) is 92.5 cm³/mol. The standard InChI is InChI=1S/C17H35N3O2/c1-4-13-22-17(10-7-6-8-11-17)15-20-16(18-3)19-12-9-14-21-5-2/h4-15H2,1-3H3,(H2,18,19,20). The average Bonchev–Trinajstić information content (AvgIpc) is 2.56. The van der Waals surface area contributed by atoms with Crippen molar-refractivity contribution in [2.24, 2.45) is 4.99 Å². The maximum Gasteiger partial charge on any atom is 0.191 e. The number of ether oxygens (including phenoxy) is 2. The largest absolute Gasteiger partial charge is 0.382 e. The first-order valence-corrected chi connectivity index (χ1v) is 8.92. The lowest BCUT2D eigenvalue weighted by Gasteiger charge is -2.37. The molecule has 0 heterocycles. The van der Waals surface area contributed by atoms with Gasteiger partial charge in [-0.1, -0.05) is 26.2 Å². The Morgan fingerprint density at radius 3 is 2.50 bits per heavy atom. The lowest BCUT2D eigenvalue weighted by atomic mass is 9.84. The van der Waals surface area contributed by atoms with Crippen molar-refractivity contribution in [2.75, 3.05) is 40.0 Å². The lowest BCUT2D eigenvalue weighted by molar-refractivity contribution is -0.0657. The molecule has 0 amide bonds. The highest BCUT2D eigenvalue weighted by atomic mass is 16.5. The van der Waals surface area contributed by atoms with Crippen LogP contribution in [0.2, 0.25) is 0 Å². The van der Waals surface area contributed by atoms with Crippen molar-refractivity contribution < 1.29 is 9.47 Å². The summed E-state index contributed by atoms with van der Waals surface area (Å²) in [5.41, 5.74) is -0.00278. The summed E-state index contributed by atoms with van der Waals surface area (Å²) in [4.78, 5) is 4.30. The molecule has 1 rings (SSSR count). The number of aliphatic imine (C=N–C) groups is 1. The molecule has 0 aromatic heterocycles. The first kappa shape index (κ1) is 19.2. The molecule has 0 saturated heterocycles. The topological polar surface area (TPSA) is 54.9 Å². The average molecular weight is 313 g/mol. The molecule has 0 spiro atoms. The first-order chi connectivity index (χ1) is 10.8. The molecule has 22 heavy (non-hydrogen) atoms. The highest BCUT2D eigenvalue weighted by molar-refractivity contribution is 5.79. The number of nitrogens with one attached hydrogen (secondary N) is 2. The molecular weight excluding hydrogens is 278 g/mol. The summed E-state index contributed by atoms with van der Waals surface area (Å²) in [6, 6.07) is 0. The van der Waals surface area contributed by atoms with Crippen molar-refractivity contribution >= 4 is 5.96 Å². The zero-order valence-electron chi connectivity index (χ0n) is 14.7. The van der Waals surface area contributed by atoms with Gasteiger partial charge in [0.05, 0.1) is 5.60 Å². The Labute approximate surface area is 136 Å². The molecule has 0 bridgehead atoms. The highest BCUT2D eigenvalue weighted by Crippen LogP contribution is 2.31. The van der Waals surface area contributed by atoms with E-state index < -0.39 is 0 Å². The molecule has 1 fully saturated rings. The summed E-state index contributed by atoms with van der Waals surface area (Å²) in [7, 11) is 1.82. The van der Waals surface area contributed by atoms with Crippen LogP contribution < -0.4 is 10.6 Å². The number of nitrogens with zero attached hydrogens (tertiary/aromatic N) is 1. The molecule has 5 nitrogen and oxygen atoms in total. The second-order valence-corrected chi connectivity index (χ2v) is 6.00. The minimum absolute atomic E-state index is 0.00278. The fraction of sp³-hybridized carbons (Fsp3) is 0.941. The van der Waals surface area contributed by atoms with Gasteiger partial charge in [-0.3, -0.25) is 4.99 Å². The van der Waals surface area contributed by atoms with Crippen molar-refractivity contribution in [3.8, 4) is 0 Å². The summed E-state index contributed by atoms with van der Waals surface area (Å²) in [6.07, 6.45) is 8.25. The van der Waals surface area contributed by atoms with Crippen LogP contribution in [0.4, 0.5) is 0 Å². The third-order valence-electron chi connectivity index (χ3n) is 4.14. The van der Waals surface area contributed by atoms with Crippen LogP contribution in [0.25, 0.3) is 0 Å². The molecule has 1 saturated carbocycles. The maximum atomic E-state index is 6.21. The van der Waals surface area contributed by atoms with Gasteiger partial charge >= 0.3 is 0 Å². The van der Waals surface area contributed by atoms with Crippen LogP contribution in [0.3, 0.4) is 0 Å². The summed E-state index contributed by atoms with van der Waals surface area (Å²) in [6.45, 7) is 8.34. The Morgan fingerprint density at radius 2 is 1.86 bits per heavy atom. The molecule has 130 valence electrons. The third-order valence-corrected chi connectivity index (χ3v) is 4.14. The van der Waals surface area contributed by atoms with E-state index in [-0.39, 0.29) is 5.60 Å². The van der Waals surface area contributed by atoms with E-state index >= 15 is 0 Å². The SMILES string of the molecule is CCCOC1(CNC(=NC)NCCCOCC)CCCCC1. The molecule has 2 N–H and O–H groups in total. The van der Waals surface area contributed by atoms with E-state index in [9.17, 15) is 0 Å². The molecule has 1 aliphatic rings. The second-order valence-electron chi connectivity index (χ2n) is 6.00. The number of hydrogen-bond acceptors (Lipinski definition) is 3. The Bertz CT molecular complexity index is 302. The summed E-state index contributed by atoms with van der Waals surface area (Å²) >= 11 is 0. The molecule has 0 aliphatic heterocycles. The predicted octanol–water partition coefficient (Wildman–Crippen LogP) is 2.71. The Hall–Kier alpha value is -0.810. The van der Waals surface area contributed by atoms with Gasteiger partial charge in [0.15, 0.2) is 5.96 Å². The third kappa shape index (κ3) is 7.45. The van der Waals surface area contributed by atoms with Crippen LogP contribution in [0, 0.1) is 0 Å². The molecule has 0 radical (unpaired) electrons. The molecule has 0 aromatic carbocycles. The van der Waals surface area contributed by atoms with Crippen LogP contribution in [-0.2, 0) is 9.47 Å². The smallest absolute Gasteiger partial charge is 0.191 e. The van der Waals surface area contributed by atoms with Crippen molar-refractivity contribution in [1.82, 2.24) is 10.6 Å². The maximum absolute atomic E-state index is 6.21. The second kappa shape index (κ2) is 11.7. The molecule has 0 unspecified atom stereocenters. The van der Waals surface area contributed by atoms with Crippen LogP contribution >= 0.6 is 0 Å². The quantitative estimate of drug-likeness (QED) is 0.370. The molecule has 1 aliphatic carbocycles. The van der Waals surface area contributed by atoms with E-state index in [4.69, 9.17) is 9.47 Å². The molecular formula is C17H35N3O2. The molecule has 0 aromatic rings.